The van der Waals surface area contributed by atoms with Crippen molar-refractivity contribution in [2.75, 3.05) is 14.2 Å². The number of hydrogen-bond acceptors (Lipinski definition) is 3. The first-order chi connectivity index (χ1) is 11.4. The van der Waals surface area contributed by atoms with E-state index in [-0.39, 0.29) is 28.9 Å². The van der Waals surface area contributed by atoms with Crippen LogP contribution < -0.4 is 0 Å². The van der Waals surface area contributed by atoms with E-state index in [2.05, 4.69) is 46.9 Å². The van der Waals surface area contributed by atoms with Gasteiger partial charge in [0.2, 0.25) is 0 Å². The average molecular weight is 370 g/mol. The Morgan fingerprint density at radius 3 is 2.20 bits per heavy atom. The second-order valence-electron chi connectivity index (χ2n) is 8.32. The highest BCUT2D eigenvalue weighted by molar-refractivity contribution is 6.74. The van der Waals surface area contributed by atoms with E-state index < -0.39 is 8.32 Å². The van der Waals surface area contributed by atoms with Gasteiger partial charge in [0.1, 0.15) is 0 Å². The fraction of sp³-hybridized carbons (Fsp3) is 0.750. The Kier molecular flexibility index (Phi) is 9.91. The van der Waals surface area contributed by atoms with E-state index in [4.69, 9.17) is 9.26 Å². The number of amides is 1. The van der Waals surface area contributed by atoms with E-state index in [9.17, 15) is 4.79 Å². The maximum atomic E-state index is 12.6. The van der Waals surface area contributed by atoms with Crippen LogP contribution in [0.25, 0.3) is 0 Å². The topological polar surface area (TPSA) is 38.8 Å². The monoisotopic (exact) mass is 369 g/mol. The van der Waals surface area contributed by atoms with Gasteiger partial charge in [0.15, 0.2) is 8.32 Å². The number of rotatable bonds is 9. The number of hydrogen-bond donors (Lipinski definition) is 0. The lowest BCUT2D eigenvalue weighted by Gasteiger charge is -2.42. The summed E-state index contributed by atoms with van der Waals surface area (Å²) in [6, 6.07) is 0. The summed E-state index contributed by atoms with van der Waals surface area (Å²) in [5, 5.41) is 1.40. The average Bonchev–Trinajstić information content (AvgIpc) is 2.53. The van der Waals surface area contributed by atoms with Crippen LogP contribution in [0.4, 0.5) is 0 Å². The number of carbonyl (C=O) groups is 1. The Hall–Kier alpha value is -0.913. The van der Waals surface area contributed by atoms with Gasteiger partial charge in [-0.15, -0.1) is 0 Å². The van der Waals surface area contributed by atoms with Crippen LogP contribution in [-0.2, 0) is 14.1 Å². The Bertz CT molecular complexity index is 466. The highest BCUT2D eigenvalue weighted by atomic mass is 28.4. The molecule has 0 aromatic carbocycles. The van der Waals surface area contributed by atoms with Crippen LogP contribution in [0.1, 0.15) is 48.0 Å². The summed E-state index contributed by atoms with van der Waals surface area (Å²) >= 11 is 0. The van der Waals surface area contributed by atoms with Crippen molar-refractivity contribution < 1.29 is 14.1 Å². The van der Waals surface area contributed by atoms with E-state index in [0.29, 0.717) is 0 Å². The molecular weight excluding hydrogens is 330 g/mol. The molecule has 3 atom stereocenters. The van der Waals surface area contributed by atoms with Crippen molar-refractivity contribution in [3.63, 3.8) is 0 Å². The first-order valence-corrected chi connectivity index (χ1v) is 12.1. The van der Waals surface area contributed by atoms with Crippen LogP contribution in [0, 0.1) is 11.8 Å². The van der Waals surface area contributed by atoms with Gasteiger partial charge in [-0.3, -0.25) is 9.63 Å². The molecule has 4 nitrogen and oxygen atoms in total. The van der Waals surface area contributed by atoms with Gasteiger partial charge >= 0.3 is 0 Å². The molecule has 0 rings (SSSR count). The minimum atomic E-state index is -1.99. The van der Waals surface area contributed by atoms with Crippen molar-refractivity contribution in [2.24, 2.45) is 11.8 Å². The Morgan fingerprint density at radius 1 is 1.20 bits per heavy atom. The molecule has 0 aromatic heterocycles. The molecule has 0 heterocycles. The molecule has 0 aromatic rings. The minimum Gasteiger partial charge on any atom is -0.413 e. The number of hydroxylamine groups is 2. The molecule has 0 aliphatic heterocycles. The SMILES string of the molecule is C/C=C/C=C/C[C@@H](C)[C@H](O[Si](C)(C)C(C)(C)C)[C@@H](C)C(=O)N(C)OC. The summed E-state index contributed by atoms with van der Waals surface area (Å²) in [5.41, 5.74) is 0. The third kappa shape index (κ3) is 7.46. The van der Waals surface area contributed by atoms with Crippen LogP contribution in [0.2, 0.25) is 18.1 Å². The molecule has 0 saturated carbocycles. The summed E-state index contributed by atoms with van der Waals surface area (Å²) in [5.74, 6) is -0.0699. The predicted octanol–water partition coefficient (Wildman–Crippen LogP) is 5.19. The largest absolute Gasteiger partial charge is 0.413 e. The molecule has 0 aliphatic carbocycles. The normalized spacial score (nSPS) is 17.0. The van der Waals surface area contributed by atoms with Crippen molar-refractivity contribution in [1.29, 1.82) is 0 Å². The summed E-state index contributed by atoms with van der Waals surface area (Å²) in [6.07, 6.45) is 8.95. The summed E-state index contributed by atoms with van der Waals surface area (Å²) in [7, 11) is 1.17. The smallest absolute Gasteiger partial charge is 0.251 e. The molecule has 25 heavy (non-hydrogen) atoms. The summed E-state index contributed by atoms with van der Waals surface area (Å²) < 4.78 is 6.68. The Balaban J connectivity index is 5.46. The van der Waals surface area contributed by atoms with Gasteiger partial charge in [-0.05, 0) is 37.4 Å². The lowest BCUT2D eigenvalue weighted by molar-refractivity contribution is -0.176. The Morgan fingerprint density at radius 2 is 1.76 bits per heavy atom. The summed E-state index contributed by atoms with van der Waals surface area (Å²) in [6.45, 7) is 17.2. The molecule has 1 amide bonds. The zero-order chi connectivity index (χ0) is 19.8. The van der Waals surface area contributed by atoms with Gasteiger partial charge in [-0.1, -0.05) is 58.9 Å². The standard InChI is InChI=1S/C20H39NO3Si/c1-11-12-13-14-15-16(2)18(17(3)19(22)21(7)23-8)24-25(9,10)20(4,5)6/h11-14,16-18H,15H2,1-10H3/b12-11+,14-13+/t16-,17-,18+/m1/s1. The highest BCUT2D eigenvalue weighted by Crippen LogP contribution is 2.39. The van der Waals surface area contributed by atoms with Gasteiger partial charge in [-0.2, -0.15) is 0 Å². The van der Waals surface area contributed by atoms with Gasteiger partial charge in [0, 0.05) is 7.05 Å². The van der Waals surface area contributed by atoms with Crippen molar-refractivity contribution in [1.82, 2.24) is 5.06 Å². The third-order valence-corrected chi connectivity index (χ3v) is 9.69. The van der Waals surface area contributed by atoms with Gasteiger partial charge in [0.05, 0.1) is 19.1 Å². The molecule has 0 saturated heterocycles. The minimum absolute atomic E-state index is 0.0458. The maximum Gasteiger partial charge on any atom is 0.251 e. The second kappa shape index (κ2) is 10.3. The Labute approximate surface area is 156 Å². The molecule has 0 aliphatic rings. The fourth-order valence-electron chi connectivity index (χ4n) is 2.36. The van der Waals surface area contributed by atoms with Gasteiger partial charge in [-0.25, -0.2) is 5.06 Å². The highest BCUT2D eigenvalue weighted by Gasteiger charge is 2.42. The van der Waals surface area contributed by atoms with Crippen molar-refractivity contribution >= 4 is 14.2 Å². The first-order valence-electron chi connectivity index (χ1n) is 9.16. The molecule has 0 spiro atoms. The molecule has 0 fully saturated rings. The van der Waals surface area contributed by atoms with Crippen molar-refractivity contribution in [2.45, 2.75) is 72.2 Å². The molecule has 146 valence electrons. The van der Waals surface area contributed by atoms with E-state index >= 15 is 0 Å². The molecule has 5 heteroatoms. The molecule has 0 radical (unpaired) electrons. The number of nitrogens with zero attached hydrogens (tertiary/aromatic N) is 1. The molecule has 0 unspecified atom stereocenters. The predicted molar refractivity (Wildman–Crippen MR) is 109 cm³/mol. The van der Waals surface area contributed by atoms with Crippen LogP contribution >= 0.6 is 0 Å². The molecule has 0 bridgehead atoms. The summed E-state index contributed by atoms with van der Waals surface area (Å²) in [4.78, 5) is 17.7. The van der Waals surface area contributed by atoms with Crippen LogP contribution in [0.5, 0.6) is 0 Å². The van der Waals surface area contributed by atoms with Gasteiger partial charge in [0.25, 0.3) is 5.91 Å². The zero-order valence-corrected chi connectivity index (χ0v) is 18.9. The van der Waals surface area contributed by atoms with Crippen LogP contribution in [0.3, 0.4) is 0 Å². The van der Waals surface area contributed by atoms with Crippen molar-refractivity contribution in [3.05, 3.63) is 24.3 Å². The quantitative estimate of drug-likeness (QED) is 0.319. The third-order valence-electron chi connectivity index (χ3n) is 5.21. The van der Waals surface area contributed by atoms with Crippen LogP contribution in [0.15, 0.2) is 24.3 Å². The lowest BCUT2D eigenvalue weighted by atomic mass is 9.90. The van der Waals surface area contributed by atoms with Crippen molar-refractivity contribution in [3.8, 4) is 0 Å². The van der Waals surface area contributed by atoms with E-state index in [0.717, 1.165) is 6.42 Å². The van der Waals surface area contributed by atoms with E-state index in [1.54, 1.807) is 7.05 Å². The van der Waals surface area contributed by atoms with E-state index in [1.165, 1.54) is 12.2 Å². The van der Waals surface area contributed by atoms with E-state index in [1.807, 2.05) is 32.1 Å². The number of allylic oxidation sites excluding steroid dienone is 4. The van der Waals surface area contributed by atoms with Crippen LogP contribution in [-0.4, -0.2) is 39.5 Å². The molecular formula is C20H39NO3Si. The molecule has 0 N–H and O–H groups in total. The maximum absolute atomic E-state index is 12.6. The first kappa shape index (κ1) is 24.1. The van der Waals surface area contributed by atoms with Gasteiger partial charge < -0.3 is 4.43 Å². The zero-order valence-electron chi connectivity index (χ0n) is 17.9. The second-order valence-corrected chi connectivity index (χ2v) is 13.1. The fourth-order valence-corrected chi connectivity index (χ4v) is 3.83. The number of carbonyl (C=O) groups excluding carboxylic acids is 1. The lowest BCUT2D eigenvalue weighted by Crippen LogP contribution is -2.50.